The summed E-state index contributed by atoms with van der Waals surface area (Å²) in [7, 11) is 1.45. The smallest absolute Gasteiger partial charge is 0.359 e. The Morgan fingerprint density at radius 1 is 1.28 bits per heavy atom. The summed E-state index contributed by atoms with van der Waals surface area (Å²) < 4.78 is 49.7. The van der Waals surface area contributed by atoms with Crippen molar-refractivity contribution in [1.82, 2.24) is 10.2 Å². The predicted octanol–water partition coefficient (Wildman–Crippen LogP) is 0.871. The fourth-order valence-electron chi connectivity index (χ4n) is 1.85. The first kappa shape index (κ1) is 14.7. The van der Waals surface area contributed by atoms with Gasteiger partial charge in [-0.3, -0.25) is 9.59 Å². The summed E-state index contributed by atoms with van der Waals surface area (Å²) in [6, 6.07) is 0. The number of alkyl halides is 4. The highest BCUT2D eigenvalue weighted by molar-refractivity contribution is 5.84. The summed E-state index contributed by atoms with van der Waals surface area (Å²) in [5.41, 5.74) is 0. The minimum atomic E-state index is -4.65. The third kappa shape index (κ3) is 2.91. The van der Waals surface area contributed by atoms with Gasteiger partial charge in [-0.15, -0.1) is 0 Å². The quantitative estimate of drug-likeness (QED) is 0.774. The van der Waals surface area contributed by atoms with E-state index in [1.54, 1.807) is 0 Å². The van der Waals surface area contributed by atoms with Crippen LogP contribution in [0.1, 0.15) is 12.8 Å². The van der Waals surface area contributed by atoms with Gasteiger partial charge in [-0.25, -0.2) is 8.78 Å². The molecule has 4 nitrogen and oxygen atoms in total. The number of piperidine rings is 1. The topological polar surface area (TPSA) is 49.4 Å². The molecule has 0 aromatic rings. The average molecular weight is 270 g/mol. The maximum atomic E-state index is 12.8. The van der Waals surface area contributed by atoms with E-state index >= 15 is 0 Å². The average Bonchev–Trinajstić information content (AvgIpc) is 2.36. The molecule has 1 N–H and O–H groups in total. The van der Waals surface area contributed by atoms with E-state index in [9.17, 15) is 27.2 Å². The van der Waals surface area contributed by atoms with E-state index < -0.39 is 18.3 Å². The third-order valence-electron chi connectivity index (χ3n) is 2.96. The molecule has 0 aromatic carbocycles. The van der Waals surface area contributed by atoms with Crippen LogP contribution in [0.2, 0.25) is 0 Å². The second-order valence-corrected chi connectivity index (χ2v) is 4.10. The monoisotopic (exact) mass is 270 g/mol. The highest BCUT2D eigenvalue weighted by Crippen LogP contribution is 2.28. The maximum absolute atomic E-state index is 12.8. The lowest BCUT2D eigenvalue weighted by atomic mass is 9.95. The van der Waals surface area contributed by atoms with Crippen LogP contribution in [-0.4, -0.2) is 49.2 Å². The van der Waals surface area contributed by atoms with Gasteiger partial charge in [0.25, 0.3) is 5.91 Å². The number of hydrogen-bond acceptors (Lipinski definition) is 2. The molecule has 104 valence electrons. The lowest BCUT2D eigenvalue weighted by molar-refractivity contribution is -0.182. The van der Waals surface area contributed by atoms with Crippen molar-refractivity contribution >= 4 is 11.8 Å². The molecule has 0 aliphatic carbocycles. The number of hydrogen-bond donors (Lipinski definition) is 1. The summed E-state index contributed by atoms with van der Waals surface area (Å²) in [5, 5.41) is 2.42. The van der Waals surface area contributed by atoms with E-state index in [-0.39, 0.29) is 37.8 Å². The number of carbonyl (C=O) groups excluding carboxylic acids is 2. The molecule has 2 amide bonds. The first-order valence-corrected chi connectivity index (χ1v) is 5.47. The summed E-state index contributed by atoms with van der Waals surface area (Å²) in [6.07, 6.45) is -3.61. The second-order valence-electron chi connectivity index (χ2n) is 4.10. The Morgan fingerprint density at radius 3 is 2.17 bits per heavy atom. The van der Waals surface area contributed by atoms with Gasteiger partial charge in [0.15, 0.2) is 0 Å². The number of halogens is 4. The van der Waals surface area contributed by atoms with Crippen LogP contribution in [0.3, 0.4) is 0 Å². The van der Waals surface area contributed by atoms with Crippen molar-refractivity contribution in [3.8, 4) is 0 Å². The molecule has 18 heavy (non-hydrogen) atoms. The van der Waals surface area contributed by atoms with E-state index in [4.69, 9.17) is 0 Å². The normalized spacial score (nSPS) is 18.0. The Bertz CT molecular complexity index is 328. The van der Waals surface area contributed by atoms with Crippen molar-refractivity contribution in [2.45, 2.75) is 25.2 Å². The molecular formula is C10H14F4N2O2. The largest absolute Gasteiger partial charge is 0.383 e. The van der Waals surface area contributed by atoms with Crippen molar-refractivity contribution in [2.75, 3.05) is 20.1 Å². The number of nitrogens with zero attached hydrogens (tertiary/aromatic N) is 1. The third-order valence-corrected chi connectivity index (χ3v) is 2.96. The van der Waals surface area contributed by atoms with Crippen LogP contribution in [0.15, 0.2) is 0 Å². The predicted molar refractivity (Wildman–Crippen MR) is 54.3 cm³/mol. The highest BCUT2D eigenvalue weighted by atomic mass is 19.3. The van der Waals surface area contributed by atoms with E-state index in [2.05, 4.69) is 5.32 Å². The first-order valence-electron chi connectivity index (χ1n) is 5.47. The molecule has 8 heteroatoms. The Morgan fingerprint density at radius 2 is 1.78 bits per heavy atom. The van der Waals surface area contributed by atoms with Crippen LogP contribution >= 0.6 is 0 Å². The Balaban J connectivity index is 2.58. The molecule has 1 saturated heterocycles. The number of carbonyl (C=O) groups is 2. The Hall–Kier alpha value is -1.34. The van der Waals surface area contributed by atoms with Gasteiger partial charge in [0, 0.05) is 26.1 Å². The highest BCUT2D eigenvalue weighted by Gasteiger charge is 2.51. The van der Waals surface area contributed by atoms with Gasteiger partial charge >= 0.3 is 12.3 Å². The second kappa shape index (κ2) is 5.53. The van der Waals surface area contributed by atoms with Crippen LogP contribution in [0, 0.1) is 5.92 Å². The number of likely N-dealkylation sites (tertiary alicyclic amines) is 1. The summed E-state index contributed by atoms with van der Waals surface area (Å²) in [5.74, 6) is -7.12. The minimum Gasteiger partial charge on any atom is -0.359 e. The van der Waals surface area contributed by atoms with Crippen molar-refractivity contribution in [1.29, 1.82) is 0 Å². The molecule has 0 spiro atoms. The van der Waals surface area contributed by atoms with Crippen molar-refractivity contribution in [3.05, 3.63) is 0 Å². The van der Waals surface area contributed by atoms with E-state index in [1.807, 2.05) is 0 Å². The zero-order valence-electron chi connectivity index (χ0n) is 9.76. The lowest BCUT2D eigenvalue weighted by Gasteiger charge is -2.33. The molecule has 0 radical (unpaired) electrons. The van der Waals surface area contributed by atoms with Crippen LogP contribution in [0.4, 0.5) is 17.6 Å². The van der Waals surface area contributed by atoms with Gasteiger partial charge < -0.3 is 10.2 Å². The van der Waals surface area contributed by atoms with Crippen molar-refractivity contribution < 1.29 is 27.2 Å². The van der Waals surface area contributed by atoms with Crippen LogP contribution in [0.5, 0.6) is 0 Å². The fraction of sp³-hybridized carbons (Fsp3) is 0.800. The molecule has 0 aromatic heterocycles. The van der Waals surface area contributed by atoms with E-state index in [0.717, 1.165) is 0 Å². The van der Waals surface area contributed by atoms with Gasteiger partial charge in [-0.1, -0.05) is 0 Å². The summed E-state index contributed by atoms with van der Waals surface area (Å²) in [4.78, 5) is 23.2. The van der Waals surface area contributed by atoms with Crippen LogP contribution in [-0.2, 0) is 9.59 Å². The Kier molecular flexibility index (Phi) is 4.53. The zero-order valence-corrected chi connectivity index (χ0v) is 9.76. The molecule has 1 aliphatic heterocycles. The molecule has 0 saturated carbocycles. The SMILES string of the molecule is CNC(=O)C1CCN(C(=O)C(F)(F)C(F)F)CC1. The zero-order chi connectivity index (χ0) is 13.9. The van der Waals surface area contributed by atoms with Gasteiger partial charge in [-0.05, 0) is 12.8 Å². The first-order chi connectivity index (χ1) is 8.30. The standard InChI is InChI=1S/C10H14F4N2O2/c1-15-7(17)6-2-4-16(5-3-6)9(18)10(13,14)8(11)12/h6,8H,2-5H2,1H3,(H,15,17). The van der Waals surface area contributed by atoms with E-state index in [0.29, 0.717) is 4.90 Å². The molecule has 0 bridgehead atoms. The minimum absolute atomic E-state index is 0.112. The van der Waals surface area contributed by atoms with Crippen molar-refractivity contribution in [3.63, 3.8) is 0 Å². The fourth-order valence-corrected chi connectivity index (χ4v) is 1.85. The molecule has 1 rings (SSSR count). The number of nitrogens with one attached hydrogen (secondary N) is 1. The van der Waals surface area contributed by atoms with E-state index in [1.165, 1.54) is 7.05 Å². The number of amides is 2. The maximum Gasteiger partial charge on any atom is 0.383 e. The molecule has 0 unspecified atom stereocenters. The van der Waals surface area contributed by atoms with Gasteiger partial charge in [0.05, 0.1) is 0 Å². The molecule has 1 heterocycles. The lowest BCUT2D eigenvalue weighted by Crippen LogP contribution is -2.51. The van der Waals surface area contributed by atoms with Crippen molar-refractivity contribution in [2.24, 2.45) is 5.92 Å². The van der Waals surface area contributed by atoms with Crippen LogP contribution in [0.25, 0.3) is 0 Å². The Labute approximate surface area is 101 Å². The van der Waals surface area contributed by atoms with Gasteiger partial charge in [0.2, 0.25) is 5.91 Å². The summed E-state index contributed by atoms with van der Waals surface area (Å²) in [6.45, 7) is -0.224. The molecule has 1 fully saturated rings. The molecular weight excluding hydrogens is 256 g/mol. The molecule has 1 aliphatic rings. The molecule has 0 atom stereocenters. The summed E-state index contributed by atoms with van der Waals surface area (Å²) >= 11 is 0. The van der Waals surface area contributed by atoms with Gasteiger partial charge in [-0.2, -0.15) is 8.78 Å². The van der Waals surface area contributed by atoms with Gasteiger partial charge in [0.1, 0.15) is 0 Å². The van der Waals surface area contributed by atoms with Crippen LogP contribution < -0.4 is 5.32 Å². The number of rotatable bonds is 3.